The van der Waals surface area contributed by atoms with Gasteiger partial charge < -0.3 is 10.1 Å². The lowest BCUT2D eigenvalue weighted by atomic mass is 9.68. The molecule has 0 unspecified atom stereocenters. The van der Waals surface area contributed by atoms with Crippen LogP contribution in [-0.2, 0) is 16.6 Å². The highest BCUT2D eigenvalue weighted by Crippen LogP contribution is 2.41. The lowest BCUT2D eigenvalue weighted by Gasteiger charge is -2.40. The van der Waals surface area contributed by atoms with Crippen LogP contribution in [0.3, 0.4) is 0 Å². The van der Waals surface area contributed by atoms with E-state index in [1.54, 1.807) is 13.3 Å². The van der Waals surface area contributed by atoms with Crippen molar-refractivity contribution in [1.82, 2.24) is 15.1 Å². The molecule has 2 rings (SSSR count). The molecule has 0 spiro atoms. The molecule has 0 saturated heterocycles. The van der Waals surface area contributed by atoms with E-state index < -0.39 is 0 Å². The third kappa shape index (κ3) is 2.66. The van der Waals surface area contributed by atoms with Crippen molar-refractivity contribution in [3.05, 3.63) is 18.0 Å². The third-order valence-corrected chi connectivity index (χ3v) is 4.14. The van der Waals surface area contributed by atoms with E-state index >= 15 is 0 Å². The predicted molar refractivity (Wildman–Crippen MR) is 72.5 cm³/mol. The van der Waals surface area contributed by atoms with Gasteiger partial charge >= 0.3 is 0 Å². The van der Waals surface area contributed by atoms with E-state index in [4.69, 9.17) is 4.74 Å². The summed E-state index contributed by atoms with van der Waals surface area (Å²) in [7, 11) is 3.56. The van der Waals surface area contributed by atoms with Gasteiger partial charge in [-0.1, -0.05) is 13.3 Å². The van der Waals surface area contributed by atoms with Gasteiger partial charge in [0.25, 0.3) is 0 Å². The number of aromatic nitrogens is 2. The first-order valence-electron chi connectivity index (χ1n) is 6.91. The fourth-order valence-electron chi connectivity index (χ4n) is 2.74. The molecular formula is C14H23N3O2. The Morgan fingerprint density at radius 3 is 2.79 bits per heavy atom. The number of hydrogen-bond acceptors (Lipinski definition) is 3. The first kappa shape index (κ1) is 14.1. The van der Waals surface area contributed by atoms with Crippen LogP contribution in [-0.4, -0.2) is 29.4 Å². The number of amides is 1. The maximum atomic E-state index is 12.5. The van der Waals surface area contributed by atoms with Crippen molar-refractivity contribution >= 4 is 5.91 Å². The van der Waals surface area contributed by atoms with Crippen molar-refractivity contribution in [3.8, 4) is 0 Å². The van der Waals surface area contributed by atoms with Crippen LogP contribution in [0.2, 0.25) is 0 Å². The van der Waals surface area contributed by atoms with Crippen LogP contribution in [0.15, 0.2) is 12.3 Å². The number of methoxy groups -OCH3 is 1. The zero-order valence-electron chi connectivity index (χ0n) is 12.0. The van der Waals surface area contributed by atoms with E-state index in [0.29, 0.717) is 6.61 Å². The summed E-state index contributed by atoms with van der Waals surface area (Å²) in [5.74, 6) is 0.119. The Bertz CT molecular complexity index is 438. The first-order valence-corrected chi connectivity index (χ1v) is 6.91. The van der Waals surface area contributed by atoms with Gasteiger partial charge in [-0.25, -0.2) is 0 Å². The van der Waals surface area contributed by atoms with Gasteiger partial charge in [0, 0.05) is 20.4 Å². The second-order valence-corrected chi connectivity index (χ2v) is 5.38. The SMILES string of the molecule is CC[C@@H](NC(=O)C1(COC)CCC1)c1ccnn1C. The Labute approximate surface area is 114 Å². The van der Waals surface area contributed by atoms with E-state index in [1.807, 2.05) is 17.8 Å². The number of nitrogens with zero attached hydrogens (tertiary/aromatic N) is 2. The fraction of sp³-hybridized carbons (Fsp3) is 0.714. The maximum absolute atomic E-state index is 12.5. The molecule has 1 heterocycles. The quantitative estimate of drug-likeness (QED) is 0.853. The average molecular weight is 265 g/mol. The highest BCUT2D eigenvalue weighted by atomic mass is 16.5. The minimum absolute atomic E-state index is 0.0225. The Hall–Kier alpha value is -1.36. The average Bonchev–Trinajstić information content (AvgIpc) is 2.76. The summed E-state index contributed by atoms with van der Waals surface area (Å²) in [5.41, 5.74) is 0.739. The van der Waals surface area contributed by atoms with Crippen LogP contribution in [0.1, 0.15) is 44.3 Å². The topological polar surface area (TPSA) is 56.1 Å². The van der Waals surface area contributed by atoms with E-state index in [1.165, 1.54) is 0 Å². The largest absolute Gasteiger partial charge is 0.384 e. The molecule has 5 nitrogen and oxygen atoms in total. The molecule has 5 heteroatoms. The molecule has 1 aliphatic carbocycles. The van der Waals surface area contributed by atoms with Crippen molar-refractivity contribution in [3.63, 3.8) is 0 Å². The third-order valence-electron chi connectivity index (χ3n) is 4.14. The maximum Gasteiger partial charge on any atom is 0.229 e. The zero-order valence-corrected chi connectivity index (χ0v) is 12.0. The summed E-state index contributed by atoms with van der Waals surface area (Å²) < 4.78 is 7.04. The van der Waals surface area contributed by atoms with E-state index in [9.17, 15) is 4.79 Å². The smallest absolute Gasteiger partial charge is 0.229 e. The van der Waals surface area contributed by atoms with Crippen LogP contribution in [0.25, 0.3) is 0 Å². The van der Waals surface area contributed by atoms with E-state index in [-0.39, 0.29) is 17.4 Å². The van der Waals surface area contributed by atoms with Gasteiger partial charge in [-0.05, 0) is 25.3 Å². The fourth-order valence-corrected chi connectivity index (χ4v) is 2.74. The van der Waals surface area contributed by atoms with Crippen LogP contribution in [0.4, 0.5) is 0 Å². The summed E-state index contributed by atoms with van der Waals surface area (Å²) in [4.78, 5) is 12.5. The second kappa shape index (κ2) is 5.74. The molecule has 1 aliphatic rings. The van der Waals surface area contributed by atoms with Crippen LogP contribution < -0.4 is 5.32 Å². The minimum Gasteiger partial charge on any atom is -0.384 e. The van der Waals surface area contributed by atoms with E-state index in [0.717, 1.165) is 31.4 Å². The Kier molecular flexibility index (Phi) is 4.24. The highest BCUT2D eigenvalue weighted by molar-refractivity contribution is 5.84. The highest BCUT2D eigenvalue weighted by Gasteiger charge is 2.44. The summed E-state index contributed by atoms with van der Waals surface area (Å²) in [5, 5.41) is 7.32. The lowest BCUT2D eigenvalue weighted by Crippen LogP contribution is -2.49. The van der Waals surface area contributed by atoms with Gasteiger partial charge in [-0.3, -0.25) is 9.48 Å². The molecule has 0 aromatic carbocycles. The Balaban J connectivity index is 2.06. The van der Waals surface area contributed by atoms with Crippen LogP contribution in [0.5, 0.6) is 0 Å². The monoisotopic (exact) mass is 265 g/mol. The molecule has 19 heavy (non-hydrogen) atoms. The zero-order chi connectivity index (χ0) is 13.9. The number of hydrogen-bond donors (Lipinski definition) is 1. The number of ether oxygens (including phenoxy) is 1. The van der Waals surface area contributed by atoms with Gasteiger partial charge in [-0.2, -0.15) is 5.10 Å². The van der Waals surface area contributed by atoms with Crippen LogP contribution >= 0.6 is 0 Å². The van der Waals surface area contributed by atoms with Crippen molar-refractivity contribution in [1.29, 1.82) is 0 Å². The van der Waals surface area contributed by atoms with Gasteiger partial charge in [0.05, 0.1) is 23.8 Å². The molecule has 1 saturated carbocycles. The van der Waals surface area contributed by atoms with Crippen molar-refractivity contribution in [2.45, 2.75) is 38.6 Å². The summed E-state index contributed by atoms with van der Waals surface area (Å²) in [6.45, 7) is 2.59. The molecule has 1 amide bonds. The number of rotatable bonds is 6. The van der Waals surface area contributed by atoms with Gasteiger partial charge in [0.2, 0.25) is 5.91 Å². The molecule has 1 N–H and O–H groups in total. The number of nitrogens with one attached hydrogen (secondary N) is 1. The molecule has 0 bridgehead atoms. The van der Waals surface area contributed by atoms with Crippen molar-refractivity contribution in [2.75, 3.05) is 13.7 Å². The van der Waals surface area contributed by atoms with Gasteiger partial charge in [-0.15, -0.1) is 0 Å². The van der Waals surface area contributed by atoms with Crippen molar-refractivity contribution in [2.24, 2.45) is 12.5 Å². The molecular weight excluding hydrogens is 242 g/mol. The summed E-state index contributed by atoms with van der Waals surface area (Å²) >= 11 is 0. The summed E-state index contributed by atoms with van der Waals surface area (Å²) in [6.07, 6.45) is 5.58. The summed E-state index contributed by atoms with van der Waals surface area (Å²) in [6, 6.07) is 1.98. The molecule has 0 radical (unpaired) electrons. The molecule has 1 aromatic rings. The number of carbonyl (C=O) groups is 1. The molecule has 1 atom stereocenters. The minimum atomic E-state index is -0.305. The Morgan fingerprint density at radius 1 is 1.63 bits per heavy atom. The second-order valence-electron chi connectivity index (χ2n) is 5.38. The molecule has 1 fully saturated rings. The molecule has 0 aliphatic heterocycles. The number of aryl methyl sites for hydroxylation is 1. The Morgan fingerprint density at radius 2 is 2.37 bits per heavy atom. The predicted octanol–water partition coefficient (Wildman–Crippen LogP) is 1.80. The van der Waals surface area contributed by atoms with Gasteiger partial charge in [0.15, 0.2) is 0 Å². The lowest BCUT2D eigenvalue weighted by molar-refractivity contribution is -0.141. The van der Waals surface area contributed by atoms with E-state index in [2.05, 4.69) is 17.3 Å². The van der Waals surface area contributed by atoms with Crippen molar-refractivity contribution < 1.29 is 9.53 Å². The van der Waals surface area contributed by atoms with Gasteiger partial charge in [0.1, 0.15) is 0 Å². The van der Waals surface area contributed by atoms with Crippen LogP contribution in [0, 0.1) is 5.41 Å². The standard InChI is InChI=1S/C14H23N3O2/c1-4-11(12-6-9-15-17(12)2)16-13(18)14(10-19-3)7-5-8-14/h6,9,11H,4-5,7-8,10H2,1-3H3,(H,16,18)/t11-/m1/s1. The number of carbonyl (C=O) groups excluding carboxylic acids is 1. The molecule has 1 aromatic heterocycles. The normalized spacial score (nSPS) is 18.7. The molecule has 106 valence electrons. The first-order chi connectivity index (χ1) is 9.13.